The Labute approximate surface area is 205 Å². The lowest BCUT2D eigenvalue weighted by Crippen LogP contribution is -2.66. The zero-order valence-electron chi connectivity index (χ0n) is 22.5. The fourth-order valence-electron chi connectivity index (χ4n) is 11.4. The second-order valence-corrected chi connectivity index (χ2v) is 14.8. The highest BCUT2D eigenvalue weighted by atomic mass is 16.6. The van der Waals surface area contributed by atoms with E-state index in [9.17, 15) is 15.0 Å². The molecule has 5 fully saturated rings. The number of rotatable bonds is 0. The molecule has 6 rings (SSSR count). The summed E-state index contributed by atoms with van der Waals surface area (Å²) < 4.78 is 6.29. The largest absolute Gasteiger partial charge is 0.454 e. The number of ether oxygens (including phenoxy) is 1. The normalized spacial score (nSPS) is 57.8. The number of aliphatic hydroxyl groups is 2. The first-order chi connectivity index (χ1) is 15.7. The molecule has 0 aromatic heterocycles. The van der Waals surface area contributed by atoms with Gasteiger partial charge in [-0.2, -0.15) is 0 Å². The minimum Gasteiger partial charge on any atom is -0.454 e. The summed E-state index contributed by atoms with van der Waals surface area (Å²) in [6, 6.07) is 0. The van der Waals surface area contributed by atoms with Crippen molar-refractivity contribution in [3.05, 3.63) is 11.1 Å². The van der Waals surface area contributed by atoms with Gasteiger partial charge in [0.05, 0.1) is 17.6 Å². The highest BCUT2D eigenvalue weighted by molar-refractivity contribution is 5.87. The second-order valence-electron chi connectivity index (χ2n) is 14.8. The number of aliphatic hydroxyl groups excluding tert-OH is 2. The summed E-state index contributed by atoms with van der Waals surface area (Å²) >= 11 is 0. The first-order valence-electron chi connectivity index (χ1n) is 14.0. The van der Waals surface area contributed by atoms with Crippen molar-refractivity contribution < 1.29 is 19.7 Å². The van der Waals surface area contributed by atoms with Crippen LogP contribution in [0.1, 0.15) is 106 Å². The molecular weight excluding hydrogens is 424 g/mol. The van der Waals surface area contributed by atoms with Crippen LogP contribution >= 0.6 is 0 Å². The van der Waals surface area contributed by atoms with Gasteiger partial charge in [0.1, 0.15) is 5.60 Å². The number of carbonyl (C=O) groups excluding carboxylic acids is 1. The van der Waals surface area contributed by atoms with E-state index in [4.69, 9.17) is 4.74 Å². The van der Waals surface area contributed by atoms with Crippen LogP contribution in [0.5, 0.6) is 0 Å². The number of fused-ring (bicyclic) bond motifs is 5. The number of carbonyl (C=O) groups is 1. The number of esters is 1. The van der Waals surface area contributed by atoms with Crippen molar-refractivity contribution in [2.24, 2.45) is 44.8 Å². The molecule has 5 aliphatic carbocycles. The van der Waals surface area contributed by atoms with E-state index in [0.29, 0.717) is 24.2 Å². The highest BCUT2D eigenvalue weighted by Crippen LogP contribution is 2.76. The van der Waals surface area contributed by atoms with Crippen molar-refractivity contribution >= 4 is 5.97 Å². The Bertz CT molecular complexity index is 982. The fraction of sp³-hybridized carbons (Fsp3) is 0.900. The Balaban J connectivity index is 1.50. The summed E-state index contributed by atoms with van der Waals surface area (Å²) in [6.07, 6.45) is 7.85. The molecule has 10 atom stereocenters. The van der Waals surface area contributed by atoms with Crippen LogP contribution in [0.25, 0.3) is 0 Å². The molecule has 190 valence electrons. The molecule has 0 aromatic carbocycles. The van der Waals surface area contributed by atoms with Crippen molar-refractivity contribution in [3.63, 3.8) is 0 Å². The lowest BCUT2D eigenvalue weighted by Gasteiger charge is -2.71. The van der Waals surface area contributed by atoms with Gasteiger partial charge in [-0.05, 0) is 110 Å². The molecule has 1 aliphatic heterocycles. The van der Waals surface area contributed by atoms with Crippen LogP contribution < -0.4 is 0 Å². The SMILES string of the molecule is C[C@@H]1CC[C@]23CC[C@]4(C)C(=C2[C@@]1(C)OC3=O)CC[C@@H]1[C@@]2(C)C[C@@H](O)[C@@H](O)C(C)(C)[C@@H]2CC[C@]14C. The maximum absolute atomic E-state index is 13.4. The fourth-order valence-corrected chi connectivity index (χ4v) is 11.4. The molecule has 4 nitrogen and oxygen atoms in total. The first-order valence-corrected chi connectivity index (χ1v) is 14.0. The van der Waals surface area contributed by atoms with Gasteiger partial charge in [-0.3, -0.25) is 4.79 Å². The van der Waals surface area contributed by atoms with Gasteiger partial charge in [0.15, 0.2) is 0 Å². The summed E-state index contributed by atoms with van der Waals surface area (Å²) in [5.74, 6) is 1.34. The minimum absolute atomic E-state index is 0.0124. The van der Waals surface area contributed by atoms with E-state index in [2.05, 4.69) is 48.5 Å². The molecule has 0 unspecified atom stereocenters. The van der Waals surface area contributed by atoms with Crippen LogP contribution in [0.15, 0.2) is 11.1 Å². The van der Waals surface area contributed by atoms with Crippen molar-refractivity contribution in [3.8, 4) is 0 Å². The van der Waals surface area contributed by atoms with Crippen LogP contribution in [0.3, 0.4) is 0 Å². The zero-order valence-corrected chi connectivity index (χ0v) is 22.5. The standard InChI is InChI=1S/C30H46O4/c1-17-10-13-30-15-14-27(5)18(22(30)29(17,7)34-24(30)33)8-9-21-26(4)16-19(31)23(32)25(2,3)20(26)11-12-28(21,27)6/h17,19-21,23,31-32H,8-16H2,1-7H3/t17-,19-,20+,21-,23-,26+,27-,28-,29+,30+/m1/s1. The average molecular weight is 471 g/mol. The first kappa shape index (κ1) is 23.5. The van der Waals surface area contributed by atoms with Gasteiger partial charge in [0.2, 0.25) is 0 Å². The van der Waals surface area contributed by atoms with Crippen molar-refractivity contribution in [2.45, 2.75) is 124 Å². The smallest absolute Gasteiger partial charge is 0.317 e. The van der Waals surface area contributed by atoms with E-state index >= 15 is 0 Å². The molecule has 34 heavy (non-hydrogen) atoms. The minimum atomic E-state index is -0.652. The molecule has 6 aliphatic rings. The van der Waals surface area contributed by atoms with E-state index in [1.165, 1.54) is 5.57 Å². The van der Waals surface area contributed by atoms with Gasteiger partial charge in [-0.15, -0.1) is 0 Å². The highest BCUT2D eigenvalue weighted by Gasteiger charge is 2.72. The maximum Gasteiger partial charge on any atom is 0.317 e. The van der Waals surface area contributed by atoms with Crippen LogP contribution in [-0.2, 0) is 9.53 Å². The quantitative estimate of drug-likeness (QED) is 0.347. The molecule has 0 aromatic rings. The van der Waals surface area contributed by atoms with Gasteiger partial charge in [-0.1, -0.05) is 47.1 Å². The lowest BCUT2D eigenvalue weighted by molar-refractivity contribution is -0.232. The molecule has 2 N–H and O–H groups in total. The molecule has 0 radical (unpaired) electrons. The van der Waals surface area contributed by atoms with Gasteiger partial charge < -0.3 is 14.9 Å². The van der Waals surface area contributed by atoms with Crippen LogP contribution in [0, 0.1) is 44.8 Å². The second kappa shape index (κ2) is 6.52. The Hall–Kier alpha value is -0.870. The van der Waals surface area contributed by atoms with Crippen molar-refractivity contribution in [1.82, 2.24) is 0 Å². The molecule has 1 saturated heterocycles. The van der Waals surface area contributed by atoms with Crippen LogP contribution in [-0.4, -0.2) is 34.0 Å². The summed E-state index contributed by atoms with van der Waals surface area (Å²) in [4.78, 5) is 13.4. The average Bonchev–Trinajstić information content (AvgIpc) is 2.93. The summed E-state index contributed by atoms with van der Waals surface area (Å²) in [5, 5.41) is 21.9. The summed E-state index contributed by atoms with van der Waals surface area (Å²) in [7, 11) is 0. The van der Waals surface area contributed by atoms with Crippen molar-refractivity contribution in [2.75, 3.05) is 0 Å². The third kappa shape index (κ3) is 2.33. The Morgan fingerprint density at radius 3 is 2.29 bits per heavy atom. The molecule has 1 heterocycles. The van der Waals surface area contributed by atoms with Crippen LogP contribution in [0.2, 0.25) is 0 Å². The third-order valence-electron chi connectivity index (χ3n) is 13.6. The van der Waals surface area contributed by atoms with E-state index in [0.717, 1.165) is 51.4 Å². The predicted octanol–water partition coefficient (Wildman–Crippen LogP) is 5.80. The van der Waals surface area contributed by atoms with E-state index in [1.807, 2.05) is 0 Å². The van der Waals surface area contributed by atoms with Gasteiger partial charge in [0, 0.05) is 0 Å². The molecule has 0 spiro atoms. The van der Waals surface area contributed by atoms with Gasteiger partial charge >= 0.3 is 5.97 Å². The van der Waals surface area contributed by atoms with Crippen molar-refractivity contribution in [1.29, 1.82) is 0 Å². The monoisotopic (exact) mass is 470 g/mol. The maximum atomic E-state index is 13.4. The summed E-state index contributed by atoms with van der Waals surface area (Å²) in [6.45, 7) is 16.3. The third-order valence-corrected chi connectivity index (χ3v) is 13.6. The number of allylic oxidation sites excluding steroid dienone is 1. The van der Waals surface area contributed by atoms with Crippen LogP contribution in [0.4, 0.5) is 0 Å². The Morgan fingerprint density at radius 1 is 0.882 bits per heavy atom. The van der Waals surface area contributed by atoms with Gasteiger partial charge in [0.25, 0.3) is 0 Å². The topological polar surface area (TPSA) is 66.8 Å². The van der Waals surface area contributed by atoms with E-state index in [-0.39, 0.29) is 33.0 Å². The zero-order chi connectivity index (χ0) is 24.7. The molecule has 2 bridgehead atoms. The molecule has 4 heteroatoms. The van der Waals surface area contributed by atoms with E-state index in [1.54, 1.807) is 5.57 Å². The Morgan fingerprint density at radius 2 is 1.59 bits per heavy atom. The van der Waals surface area contributed by atoms with Gasteiger partial charge in [-0.25, -0.2) is 0 Å². The molecule has 4 saturated carbocycles. The molecule has 0 amide bonds. The lowest BCUT2D eigenvalue weighted by atomic mass is 9.34. The number of hydrogen-bond acceptors (Lipinski definition) is 4. The Kier molecular flexibility index (Phi) is 4.51. The van der Waals surface area contributed by atoms with E-state index < -0.39 is 17.8 Å². The number of hydrogen-bond donors (Lipinski definition) is 2. The predicted molar refractivity (Wildman–Crippen MR) is 132 cm³/mol. The molecular formula is C30H46O4. The summed E-state index contributed by atoms with van der Waals surface area (Å²) in [5.41, 5.74) is 2.06.